The highest BCUT2D eigenvalue weighted by Gasteiger charge is 2.38. The molecular formula is C20H28N2O2S. The Hall–Kier alpha value is -1.49. The molecule has 2 fully saturated rings. The second kappa shape index (κ2) is 7.81. The summed E-state index contributed by atoms with van der Waals surface area (Å²) in [6, 6.07) is 8.50. The lowest BCUT2D eigenvalue weighted by molar-refractivity contribution is -0.136. The van der Waals surface area contributed by atoms with E-state index in [0.717, 1.165) is 30.0 Å². The van der Waals surface area contributed by atoms with E-state index in [9.17, 15) is 9.59 Å². The first kappa shape index (κ1) is 18.3. The van der Waals surface area contributed by atoms with Gasteiger partial charge in [0.05, 0.1) is 5.92 Å². The van der Waals surface area contributed by atoms with Gasteiger partial charge in [0.15, 0.2) is 0 Å². The fraction of sp³-hybridized carbons (Fsp3) is 0.600. The van der Waals surface area contributed by atoms with Gasteiger partial charge in [-0.2, -0.15) is 11.8 Å². The van der Waals surface area contributed by atoms with Crippen LogP contribution in [0.5, 0.6) is 0 Å². The standard InChI is InChI=1S/C20H28N2O2S/c1-14(2)15-4-6-18(7-5-15)22-13-16(12-19(22)23)20(24)21(3)17-8-10-25-11-9-17/h4-7,14,16-17H,8-13H2,1-3H3/t16-/m1/s1. The summed E-state index contributed by atoms with van der Waals surface area (Å²) in [5.41, 5.74) is 2.17. The number of anilines is 1. The first-order valence-corrected chi connectivity index (χ1v) is 10.4. The van der Waals surface area contributed by atoms with Gasteiger partial charge in [0, 0.05) is 31.7 Å². The lowest BCUT2D eigenvalue weighted by Crippen LogP contribution is -2.43. The number of thioether (sulfide) groups is 1. The Kier molecular flexibility index (Phi) is 5.72. The van der Waals surface area contributed by atoms with Crippen LogP contribution in [0.15, 0.2) is 24.3 Å². The monoisotopic (exact) mass is 360 g/mol. The molecule has 5 heteroatoms. The molecule has 0 saturated carbocycles. The van der Waals surface area contributed by atoms with Crippen LogP contribution >= 0.6 is 11.8 Å². The summed E-state index contributed by atoms with van der Waals surface area (Å²) in [7, 11) is 1.91. The lowest BCUT2D eigenvalue weighted by Gasteiger charge is -2.32. The van der Waals surface area contributed by atoms with E-state index in [1.54, 1.807) is 4.90 Å². The Morgan fingerprint density at radius 3 is 2.44 bits per heavy atom. The number of benzene rings is 1. The predicted molar refractivity (Wildman–Crippen MR) is 104 cm³/mol. The average Bonchev–Trinajstić information content (AvgIpc) is 3.03. The van der Waals surface area contributed by atoms with Gasteiger partial charge in [-0.25, -0.2) is 0 Å². The molecule has 1 aromatic rings. The van der Waals surface area contributed by atoms with E-state index in [1.165, 1.54) is 5.56 Å². The number of amides is 2. The van der Waals surface area contributed by atoms with Crippen LogP contribution in [-0.4, -0.2) is 47.9 Å². The Bertz CT molecular complexity index is 623. The highest BCUT2D eigenvalue weighted by atomic mass is 32.2. The van der Waals surface area contributed by atoms with Gasteiger partial charge in [-0.15, -0.1) is 0 Å². The zero-order valence-electron chi connectivity index (χ0n) is 15.4. The van der Waals surface area contributed by atoms with Crippen molar-refractivity contribution in [2.24, 2.45) is 5.92 Å². The van der Waals surface area contributed by atoms with Crippen molar-refractivity contribution in [2.45, 2.75) is 45.1 Å². The molecular weight excluding hydrogens is 332 g/mol. The van der Waals surface area contributed by atoms with E-state index in [1.807, 2.05) is 35.8 Å². The molecule has 2 aliphatic rings. The fourth-order valence-electron chi connectivity index (χ4n) is 3.70. The van der Waals surface area contributed by atoms with Gasteiger partial charge in [-0.3, -0.25) is 9.59 Å². The second-order valence-corrected chi connectivity index (χ2v) is 8.67. The number of hydrogen-bond donors (Lipinski definition) is 0. The normalized spacial score (nSPS) is 21.8. The van der Waals surface area contributed by atoms with Crippen LogP contribution < -0.4 is 4.90 Å². The van der Waals surface area contributed by atoms with Crippen LogP contribution in [0.25, 0.3) is 0 Å². The molecule has 0 radical (unpaired) electrons. The largest absolute Gasteiger partial charge is 0.342 e. The van der Waals surface area contributed by atoms with Gasteiger partial charge in [0.1, 0.15) is 0 Å². The molecule has 136 valence electrons. The van der Waals surface area contributed by atoms with Gasteiger partial charge in [-0.05, 0) is 48.0 Å². The SMILES string of the molecule is CC(C)c1ccc(N2C[C@H](C(=O)N(C)C3CCSCC3)CC2=O)cc1. The van der Waals surface area contributed by atoms with Gasteiger partial charge in [-0.1, -0.05) is 26.0 Å². The third-order valence-electron chi connectivity index (χ3n) is 5.43. The molecule has 0 aromatic heterocycles. The van der Waals surface area contributed by atoms with Crippen molar-refractivity contribution in [3.8, 4) is 0 Å². The molecule has 0 unspecified atom stereocenters. The topological polar surface area (TPSA) is 40.6 Å². The molecule has 0 spiro atoms. The molecule has 2 heterocycles. The number of rotatable bonds is 4. The number of nitrogens with zero attached hydrogens (tertiary/aromatic N) is 2. The minimum atomic E-state index is -0.211. The van der Waals surface area contributed by atoms with Gasteiger partial charge in [0.25, 0.3) is 0 Å². The Labute approximate surface area is 154 Å². The summed E-state index contributed by atoms with van der Waals surface area (Å²) >= 11 is 1.96. The van der Waals surface area contributed by atoms with Crippen molar-refractivity contribution in [1.29, 1.82) is 0 Å². The molecule has 1 atom stereocenters. The average molecular weight is 361 g/mol. The van der Waals surface area contributed by atoms with E-state index in [4.69, 9.17) is 0 Å². The third-order valence-corrected chi connectivity index (χ3v) is 6.48. The third kappa shape index (κ3) is 4.02. The van der Waals surface area contributed by atoms with Crippen molar-refractivity contribution in [2.75, 3.05) is 30.0 Å². The van der Waals surface area contributed by atoms with Crippen molar-refractivity contribution in [1.82, 2.24) is 4.90 Å². The van der Waals surface area contributed by atoms with Crippen molar-refractivity contribution >= 4 is 29.3 Å². The van der Waals surface area contributed by atoms with Crippen LogP contribution in [0.1, 0.15) is 44.6 Å². The van der Waals surface area contributed by atoms with E-state index in [-0.39, 0.29) is 17.7 Å². The molecule has 2 aliphatic heterocycles. The first-order chi connectivity index (χ1) is 12.0. The van der Waals surface area contributed by atoms with Crippen LogP contribution in [0, 0.1) is 5.92 Å². The molecule has 0 bridgehead atoms. The molecule has 0 N–H and O–H groups in total. The van der Waals surface area contributed by atoms with Crippen LogP contribution in [0.2, 0.25) is 0 Å². The smallest absolute Gasteiger partial charge is 0.228 e. The molecule has 25 heavy (non-hydrogen) atoms. The summed E-state index contributed by atoms with van der Waals surface area (Å²) < 4.78 is 0. The molecule has 4 nitrogen and oxygen atoms in total. The van der Waals surface area contributed by atoms with E-state index in [2.05, 4.69) is 26.0 Å². The molecule has 1 aromatic carbocycles. The Balaban J connectivity index is 1.66. The van der Waals surface area contributed by atoms with Crippen LogP contribution in [0.4, 0.5) is 5.69 Å². The summed E-state index contributed by atoms with van der Waals surface area (Å²) in [6.45, 7) is 4.82. The quantitative estimate of drug-likeness (QED) is 0.825. The maximum Gasteiger partial charge on any atom is 0.228 e. The summed E-state index contributed by atoms with van der Waals surface area (Å²) in [5, 5.41) is 0. The number of carbonyl (C=O) groups is 2. The summed E-state index contributed by atoms with van der Waals surface area (Å²) in [5.74, 6) is 2.70. The number of hydrogen-bond acceptors (Lipinski definition) is 3. The van der Waals surface area contributed by atoms with Crippen molar-refractivity contribution < 1.29 is 9.59 Å². The highest BCUT2D eigenvalue weighted by molar-refractivity contribution is 7.99. The molecule has 3 rings (SSSR count). The maximum atomic E-state index is 12.9. The van der Waals surface area contributed by atoms with Crippen LogP contribution in [-0.2, 0) is 9.59 Å². The van der Waals surface area contributed by atoms with Crippen molar-refractivity contribution in [3.05, 3.63) is 29.8 Å². The minimum absolute atomic E-state index is 0.0586. The zero-order chi connectivity index (χ0) is 18.0. The first-order valence-electron chi connectivity index (χ1n) is 9.22. The Morgan fingerprint density at radius 2 is 1.84 bits per heavy atom. The lowest BCUT2D eigenvalue weighted by atomic mass is 10.0. The minimum Gasteiger partial charge on any atom is -0.342 e. The maximum absolute atomic E-state index is 12.9. The van der Waals surface area contributed by atoms with E-state index in [0.29, 0.717) is 24.9 Å². The van der Waals surface area contributed by atoms with E-state index < -0.39 is 0 Å². The summed E-state index contributed by atoms with van der Waals surface area (Å²) in [4.78, 5) is 29.0. The fourth-order valence-corrected chi connectivity index (χ4v) is 4.78. The summed E-state index contributed by atoms with van der Waals surface area (Å²) in [6.07, 6.45) is 2.46. The Morgan fingerprint density at radius 1 is 1.20 bits per heavy atom. The van der Waals surface area contributed by atoms with Crippen LogP contribution in [0.3, 0.4) is 0 Å². The highest BCUT2D eigenvalue weighted by Crippen LogP contribution is 2.29. The van der Waals surface area contributed by atoms with Gasteiger partial charge in [0.2, 0.25) is 11.8 Å². The number of carbonyl (C=O) groups excluding carboxylic acids is 2. The molecule has 0 aliphatic carbocycles. The zero-order valence-corrected chi connectivity index (χ0v) is 16.2. The van der Waals surface area contributed by atoms with Gasteiger partial charge >= 0.3 is 0 Å². The van der Waals surface area contributed by atoms with Gasteiger partial charge < -0.3 is 9.80 Å². The van der Waals surface area contributed by atoms with E-state index >= 15 is 0 Å². The molecule has 2 amide bonds. The second-order valence-electron chi connectivity index (χ2n) is 7.44. The predicted octanol–water partition coefficient (Wildman–Crippen LogP) is 3.52. The molecule has 2 saturated heterocycles. The van der Waals surface area contributed by atoms with Crippen molar-refractivity contribution in [3.63, 3.8) is 0 Å².